The average Bonchev–Trinajstić information content (AvgIpc) is 3.11. The van der Waals surface area contributed by atoms with Crippen LogP contribution in [0.2, 0.25) is 0 Å². The van der Waals surface area contributed by atoms with Crippen LogP contribution in [0.3, 0.4) is 0 Å². The standard InChI is InChI=1S/C14H15N3O4S2/c1-2-23(19,20)15-6-5-13-16-11(8-22-13)9-3-4-10-12(7-9)21-14(18)17-10/h3-4,7-8,15H,2,5-6H2,1H3,(H,17,18). The highest BCUT2D eigenvalue weighted by molar-refractivity contribution is 7.89. The summed E-state index contributed by atoms with van der Waals surface area (Å²) in [5.41, 5.74) is 2.74. The molecule has 0 bridgehead atoms. The third-order valence-electron chi connectivity index (χ3n) is 3.31. The summed E-state index contributed by atoms with van der Waals surface area (Å²) in [6.45, 7) is 1.92. The number of H-pyrrole nitrogens is 1. The van der Waals surface area contributed by atoms with E-state index in [-0.39, 0.29) is 5.75 Å². The molecule has 3 rings (SSSR count). The van der Waals surface area contributed by atoms with Crippen molar-refractivity contribution in [3.05, 3.63) is 39.1 Å². The lowest BCUT2D eigenvalue weighted by Gasteiger charge is -2.02. The van der Waals surface area contributed by atoms with E-state index in [9.17, 15) is 13.2 Å². The third-order valence-corrected chi connectivity index (χ3v) is 5.62. The van der Waals surface area contributed by atoms with Gasteiger partial charge in [0.25, 0.3) is 0 Å². The zero-order chi connectivity index (χ0) is 16.4. The first-order valence-corrected chi connectivity index (χ1v) is 9.55. The topological polar surface area (TPSA) is 105 Å². The summed E-state index contributed by atoms with van der Waals surface area (Å²) >= 11 is 1.47. The van der Waals surface area contributed by atoms with Crippen LogP contribution in [0.4, 0.5) is 0 Å². The highest BCUT2D eigenvalue weighted by Gasteiger charge is 2.09. The van der Waals surface area contributed by atoms with E-state index in [0.717, 1.165) is 16.3 Å². The molecule has 0 saturated heterocycles. The quantitative estimate of drug-likeness (QED) is 0.702. The van der Waals surface area contributed by atoms with Gasteiger partial charge in [-0.1, -0.05) is 6.07 Å². The Balaban J connectivity index is 1.74. The van der Waals surface area contributed by atoms with Crippen molar-refractivity contribution in [3.63, 3.8) is 0 Å². The molecule has 0 aliphatic heterocycles. The van der Waals surface area contributed by atoms with Gasteiger partial charge in [-0.3, -0.25) is 4.98 Å². The molecule has 2 aromatic heterocycles. The van der Waals surface area contributed by atoms with Crippen LogP contribution in [-0.4, -0.2) is 30.7 Å². The van der Waals surface area contributed by atoms with Crippen LogP contribution in [-0.2, 0) is 16.4 Å². The number of rotatable bonds is 6. The van der Waals surface area contributed by atoms with Crippen LogP contribution in [0.1, 0.15) is 11.9 Å². The minimum Gasteiger partial charge on any atom is -0.408 e. The summed E-state index contributed by atoms with van der Waals surface area (Å²) in [5, 5.41) is 2.74. The maximum atomic E-state index is 11.4. The van der Waals surface area contributed by atoms with Gasteiger partial charge in [-0.25, -0.2) is 22.9 Å². The molecule has 23 heavy (non-hydrogen) atoms. The molecule has 9 heteroatoms. The fraction of sp³-hybridized carbons (Fsp3) is 0.286. The van der Waals surface area contributed by atoms with E-state index in [1.165, 1.54) is 11.3 Å². The molecule has 3 aromatic rings. The van der Waals surface area contributed by atoms with E-state index < -0.39 is 15.8 Å². The van der Waals surface area contributed by atoms with Crippen molar-refractivity contribution >= 4 is 32.5 Å². The first-order chi connectivity index (χ1) is 11.0. The van der Waals surface area contributed by atoms with Crippen molar-refractivity contribution < 1.29 is 12.8 Å². The van der Waals surface area contributed by atoms with Gasteiger partial charge in [-0.2, -0.15) is 0 Å². The molecule has 2 heterocycles. The molecule has 0 unspecified atom stereocenters. The van der Waals surface area contributed by atoms with Gasteiger partial charge >= 0.3 is 5.76 Å². The molecule has 0 aliphatic carbocycles. The minimum absolute atomic E-state index is 0.0675. The summed E-state index contributed by atoms with van der Waals surface area (Å²) in [5.74, 6) is -0.419. The van der Waals surface area contributed by atoms with E-state index in [2.05, 4.69) is 14.7 Å². The number of aromatic amines is 1. The van der Waals surface area contributed by atoms with Crippen LogP contribution in [0.25, 0.3) is 22.4 Å². The lowest BCUT2D eigenvalue weighted by Crippen LogP contribution is -2.27. The highest BCUT2D eigenvalue weighted by atomic mass is 32.2. The molecule has 0 radical (unpaired) electrons. The Bertz CT molecular complexity index is 985. The van der Waals surface area contributed by atoms with E-state index >= 15 is 0 Å². The maximum Gasteiger partial charge on any atom is 0.417 e. The number of sulfonamides is 1. The molecule has 7 nitrogen and oxygen atoms in total. The van der Waals surface area contributed by atoms with Crippen LogP contribution >= 0.6 is 11.3 Å². The normalized spacial score (nSPS) is 12.0. The van der Waals surface area contributed by atoms with Gasteiger partial charge in [-0.05, 0) is 19.1 Å². The van der Waals surface area contributed by atoms with Crippen molar-refractivity contribution in [3.8, 4) is 11.3 Å². The lowest BCUT2D eigenvalue weighted by atomic mass is 10.1. The zero-order valence-electron chi connectivity index (χ0n) is 12.3. The molecule has 0 amide bonds. The van der Waals surface area contributed by atoms with Crippen molar-refractivity contribution in [1.29, 1.82) is 0 Å². The van der Waals surface area contributed by atoms with Gasteiger partial charge in [0.1, 0.15) is 0 Å². The van der Waals surface area contributed by atoms with E-state index in [1.54, 1.807) is 19.1 Å². The molecule has 2 N–H and O–H groups in total. The Labute approximate surface area is 136 Å². The summed E-state index contributed by atoms with van der Waals surface area (Å²) < 4.78 is 30.3. The average molecular weight is 353 g/mol. The van der Waals surface area contributed by atoms with E-state index in [0.29, 0.717) is 24.1 Å². The number of benzene rings is 1. The molecular formula is C14H15N3O4S2. The number of hydrogen-bond acceptors (Lipinski definition) is 6. The number of thiazole rings is 1. The number of fused-ring (bicyclic) bond motifs is 1. The first-order valence-electron chi connectivity index (χ1n) is 7.02. The van der Waals surface area contributed by atoms with Crippen LogP contribution in [0.15, 0.2) is 32.8 Å². The molecular weight excluding hydrogens is 338 g/mol. The second kappa shape index (κ2) is 6.26. The molecule has 0 saturated carbocycles. The molecule has 122 valence electrons. The molecule has 0 aliphatic rings. The minimum atomic E-state index is -3.18. The predicted molar refractivity (Wildman–Crippen MR) is 89.1 cm³/mol. The monoisotopic (exact) mass is 353 g/mol. The van der Waals surface area contributed by atoms with Gasteiger partial charge in [-0.15, -0.1) is 11.3 Å². The number of aromatic nitrogens is 2. The smallest absolute Gasteiger partial charge is 0.408 e. The summed E-state index contributed by atoms with van der Waals surface area (Å²) in [6.07, 6.45) is 0.533. The second-order valence-electron chi connectivity index (χ2n) is 4.90. The van der Waals surface area contributed by atoms with Crippen molar-refractivity contribution in [2.45, 2.75) is 13.3 Å². The summed E-state index contributed by atoms with van der Waals surface area (Å²) in [6, 6.07) is 5.38. The largest absolute Gasteiger partial charge is 0.417 e. The Morgan fingerprint density at radius 1 is 1.39 bits per heavy atom. The number of nitrogens with one attached hydrogen (secondary N) is 2. The highest BCUT2D eigenvalue weighted by Crippen LogP contribution is 2.25. The Kier molecular flexibility index (Phi) is 4.33. The van der Waals surface area contributed by atoms with Gasteiger partial charge in [0.2, 0.25) is 10.0 Å². The van der Waals surface area contributed by atoms with Gasteiger partial charge < -0.3 is 4.42 Å². The second-order valence-corrected chi connectivity index (χ2v) is 7.94. The Hall–Kier alpha value is -1.97. The van der Waals surface area contributed by atoms with Crippen LogP contribution in [0, 0.1) is 0 Å². The van der Waals surface area contributed by atoms with Gasteiger partial charge in [0, 0.05) is 23.9 Å². The van der Waals surface area contributed by atoms with Crippen molar-refractivity contribution in [2.24, 2.45) is 0 Å². The molecule has 0 spiro atoms. The van der Waals surface area contributed by atoms with E-state index in [1.807, 2.05) is 11.4 Å². The lowest BCUT2D eigenvalue weighted by molar-refractivity contribution is 0.555. The predicted octanol–water partition coefficient (Wildman–Crippen LogP) is 1.73. The van der Waals surface area contributed by atoms with E-state index in [4.69, 9.17) is 4.42 Å². The zero-order valence-corrected chi connectivity index (χ0v) is 14.0. The Morgan fingerprint density at radius 2 is 2.22 bits per heavy atom. The molecule has 1 aromatic carbocycles. The number of oxazole rings is 1. The fourth-order valence-corrected chi connectivity index (χ4v) is 3.50. The van der Waals surface area contributed by atoms with Crippen LogP contribution in [0.5, 0.6) is 0 Å². The molecule has 0 fully saturated rings. The number of nitrogens with zero attached hydrogens (tertiary/aromatic N) is 1. The third kappa shape index (κ3) is 3.69. The van der Waals surface area contributed by atoms with Gasteiger partial charge in [0.05, 0.1) is 22.0 Å². The molecule has 0 atom stereocenters. The maximum absolute atomic E-state index is 11.4. The van der Waals surface area contributed by atoms with Crippen molar-refractivity contribution in [2.75, 3.05) is 12.3 Å². The van der Waals surface area contributed by atoms with Crippen LogP contribution < -0.4 is 10.5 Å². The number of hydrogen-bond donors (Lipinski definition) is 2. The Morgan fingerprint density at radius 3 is 3.00 bits per heavy atom. The van der Waals surface area contributed by atoms with Crippen molar-refractivity contribution in [1.82, 2.24) is 14.7 Å². The summed E-state index contributed by atoms with van der Waals surface area (Å²) in [7, 11) is -3.18. The SMILES string of the molecule is CCS(=O)(=O)NCCc1nc(-c2ccc3[nH]c(=O)oc3c2)cs1. The summed E-state index contributed by atoms with van der Waals surface area (Å²) in [4.78, 5) is 18.3. The van der Waals surface area contributed by atoms with Gasteiger partial charge in [0.15, 0.2) is 5.58 Å². The first kappa shape index (κ1) is 15.9. The fourth-order valence-electron chi connectivity index (χ4n) is 2.08.